The Morgan fingerprint density at radius 2 is 1.89 bits per heavy atom. The predicted octanol–water partition coefficient (Wildman–Crippen LogP) is 4.74. The van der Waals surface area contributed by atoms with Gasteiger partial charge < -0.3 is 11.1 Å². The quantitative estimate of drug-likeness (QED) is 0.783. The largest absolute Gasteiger partial charge is 0.365 e. The van der Waals surface area contributed by atoms with E-state index >= 15 is 0 Å². The SMILES string of the molecule is CC(C)(C)[C@H]1CCc2c(sc(NC(=O)[C@H]3C[C@H]3c3ccccc3)c2C(N)=O)C1. The molecular formula is C23H28N2O2S. The van der Waals surface area contributed by atoms with Crippen LogP contribution in [-0.4, -0.2) is 11.8 Å². The molecule has 0 saturated heterocycles. The van der Waals surface area contributed by atoms with Crippen molar-refractivity contribution < 1.29 is 9.59 Å². The normalized spacial score (nSPS) is 23.8. The van der Waals surface area contributed by atoms with E-state index in [2.05, 4.69) is 38.2 Å². The van der Waals surface area contributed by atoms with Crippen LogP contribution in [0.4, 0.5) is 5.00 Å². The summed E-state index contributed by atoms with van der Waals surface area (Å²) in [5, 5.41) is 3.69. The average molecular weight is 397 g/mol. The van der Waals surface area contributed by atoms with Crippen molar-refractivity contribution in [2.75, 3.05) is 5.32 Å². The number of nitrogens with one attached hydrogen (secondary N) is 1. The molecule has 4 nitrogen and oxygen atoms in total. The number of nitrogens with two attached hydrogens (primary N) is 1. The van der Waals surface area contributed by atoms with Crippen LogP contribution in [0.25, 0.3) is 0 Å². The molecule has 0 aliphatic heterocycles. The molecular weight excluding hydrogens is 368 g/mol. The first-order valence-corrected chi connectivity index (χ1v) is 10.9. The number of fused-ring (bicyclic) bond motifs is 1. The van der Waals surface area contributed by atoms with E-state index in [1.807, 2.05) is 18.2 Å². The van der Waals surface area contributed by atoms with Crippen molar-refractivity contribution in [1.82, 2.24) is 0 Å². The molecule has 2 aliphatic rings. The van der Waals surface area contributed by atoms with E-state index in [0.717, 1.165) is 31.2 Å². The Morgan fingerprint density at radius 3 is 2.54 bits per heavy atom. The third-order valence-corrected chi connectivity index (χ3v) is 7.50. The van der Waals surface area contributed by atoms with Crippen LogP contribution < -0.4 is 11.1 Å². The summed E-state index contributed by atoms with van der Waals surface area (Å²) >= 11 is 1.55. The molecule has 0 radical (unpaired) electrons. The molecule has 1 fully saturated rings. The number of anilines is 1. The number of amides is 2. The lowest BCUT2D eigenvalue weighted by Gasteiger charge is -2.33. The van der Waals surface area contributed by atoms with Gasteiger partial charge in [0.2, 0.25) is 5.91 Å². The summed E-state index contributed by atoms with van der Waals surface area (Å²) in [6.45, 7) is 6.81. The second-order valence-corrected chi connectivity index (χ2v) is 10.3. The molecule has 2 aromatic rings. The summed E-state index contributed by atoms with van der Waals surface area (Å²) in [6, 6.07) is 10.1. The van der Waals surface area contributed by atoms with Crippen LogP contribution in [0.1, 0.15) is 65.9 Å². The topological polar surface area (TPSA) is 72.2 Å². The van der Waals surface area contributed by atoms with Crippen LogP contribution in [-0.2, 0) is 17.6 Å². The summed E-state index contributed by atoms with van der Waals surface area (Å²) < 4.78 is 0. The van der Waals surface area contributed by atoms with Crippen LogP contribution in [0.3, 0.4) is 0 Å². The van der Waals surface area contributed by atoms with E-state index in [0.29, 0.717) is 16.5 Å². The molecule has 28 heavy (non-hydrogen) atoms. The van der Waals surface area contributed by atoms with Gasteiger partial charge >= 0.3 is 0 Å². The average Bonchev–Trinajstić information content (AvgIpc) is 3.36. The molecule has 0 bridgehead atoms. The number of carbonyl (C=O) groups is 2. The van der Waals surface area contributed by atoms with E-state index < -0.39 is 5.91 Å². The number of thiophene rings is 1. The van der Waals surface area contributed by atoms with Gasteiger partial charge in [-0.25, -0.2) is 0 Å². The van der Waals surface area contributed by atoms with Gasteiger partial charge in [-0.2, -0.15) is 0 Å². The second kappa shape index (κ2) is 7.03. The Kier molecular flexibility index (Phi) is 4.82. The minimum absolute atomic E-state index is 0.00215. The number of hydrogen-bond acceptors (Lipinski definition) is 3. The maximum Gasteiger partial charge on any atom is 0.251 e. The Balaban J connectivity index is 1.53. The monoisotopic (exact) mass is 396 g/mol. The van der Waals surface area contributed by atoms with Crippen molar-refractivity contribution >= 4 is 28.2 Å². The van der Waals surface area contributed by atoms with Gasteiger partial charge in [0.15, 0.2) is 0 Å². The predicted molar refractivity (Wildman–Crippen MR) is 114 cm³/mol. The van der Waals surface area contributed by atoms with E-state index in [1.165, 1.54) is 10.4 Å². The van der Waals surface area contributed by atoms with Gasteiger partial charge in [-0.15, -0.1) is 11.3 Å². The van der Waals surface area contributed by atoms with Crippen LogP contribution in [0, 0.1) is 17.3 Å². The zero-order valence-electron chi connectivity index (χ0n) is 16.7. The molecule has 3 N–H and O–H groups in total. The third-order valence-electron chi connectivity index (χ3n) is 6.33. The second-order valence-electron chi connectivity index (χ2n) is 9.23. The fourth-order valence-corrected chi connectivity index (χ4v) is 5.77. The van der Waals surface area contributed by atoms with Crippen LogP contribution >= 0.6 is 11.3 Å². The van der Waals surface area contributed by atoms with Gasteiger partial charge in [-0.05, 0) is 54.1 Å². The lowest BCUT2D eigenvalue weighted by molar-refractivity contribution is -0.117. The maximum absolute atomic E-state index is 12.8. The van der Waals surface area contributed by atoms with Crippen LogP contribution in [0.2, 0.25) is 0 Å². The fourth-order valence-electron chi connectivity index (χ4n) is 4.43. The van der Waals surface area contributed by atoms with E-state index in [-0.39, 0.29) is 23.2 Å². The molecule has 0 unspecified atom stereocenters. The summed E-state index contributed by atoms with van der Waals surface area (Å²) in [7, 11) is 0. The number of hydrogen-bond donors (Lipinski definition) is 2. The smallest absolute Gasteiger partial charge is 0.251 e. The van der Waals surface area contributed by atoms with Crippen LogP contribution in [0.15, 0.2) is 30.3 Å². The number of rotatable bonds is 4. The van der Waals surface area contributed by atoms with Crippen molar-refractivity contribution in [3.63, 3.8) is 0 Å². The van der Waals surface area contributed by atoms with E-state index in [1.54, 1.807) is 11.3 Å². The lowest BCUT2D eigenvalue weighted by Crippen LogP contribution is -2.27. The number of carbonyl (C=O) groups excluding carboxylic acids is 2. The van der Waals surface area contributed by atoms with Crippen molar-refractivity contribution in [3.05, 3.63) is 51.9 Å². The number of primary amides is 1. The molecule has 3 atom stereocenters. The zero-order chi connectivity index (χ0) is 20.1. The number of benzene rings is 1. The van der Waals surface area contributed by atoms with Gasteiger partial charge in [-0.3, -0.25) is 9.59 Å². The van der Waals surface area contributed by atoms with Crippen LogP contribution in [0.5, 0.6) is 0 Å². The highest BCUT2D eigenvalue weighted by Crippen LogP contribution is 2.49. The minimum atomic E-state index is -0.433. The molecule has 5 heteroatoms. The Morgan fingerprint density at radius 1 is 1.18 bits per heavy atom. The highest BCUT2D eigenvalue weighted by Gasteiger charge is 2.44. The highest BCUT2D eigenvalue weighted by molar-refractivity contribution is 7.17. The lowest BCUT2D eigenvalue weighted by atomic mass is 9.72. The molecule has 148 valence electrons. The first kappa shape index (κ1) is 19.2. The van der Waals surface area contributed by atoms with Crippen molar-refractivity contribution in [1.29, 1.82) is 0 Å². The van der Waals surface area contributed by atoms with Gasteiger partial charge in [0.1, 0.15) is 5.00 Å². The molecule has 1 aromatic carbocycles. The molecule has 2 aliphatic carbocycles. The summed E-state index contributed by atoms with van der Waals surface area (Å²) in [6.07, 6.45) is 3.73. The minimum Gasteiger partial charge on any atom is -0.365 e. The standard InChI is InChI=1S/C23H28N2O2S/c1-23(2,3)14-9-10-15-18(11-14)28-22(19(15)20(24)26)25-21(27)17-12-16(17)13-7-5-4-6-8-13/h4-8,14,16-17H,9-12H2,1-3H3,(H2,24,26)(H,25,27)/t14-,16-,17-/m0/s1. The van der Waals surface area contributed by atoms with Gasteiger partial charge in [0.05, 0.1) is 5.56 Å². The summed E-state index contributed by atoms with van der Waals surface area (Å²) in [4.78, 5) is 26.2. The molecule has 0 spiro atoms. The summed E-state index contributed by atoms with van der Waals surface area (Å²) in [5.74, 6) is 0.399. The van der Waals surface area contributed by atoms with Crippen molar-refractivity contribution in [3.8, 4) is 0 Å². The molecule has 1 heterocycles. The Bertz CT molecular complexity index is 911. The third kappa shape index (κ3) is 3.60. The Hall–Kier alpha value is -2.14. The van der Waals surface area contributed by atoms with Gasteiger partial charge in [0, 0.05) is 10.8 Å². The molecule has 2 amide bonds. The van der Waals surface area contributed by atoms with E-state index in [9.17, 15) is 9.59 Å². The highest BCUT2D eigenvalue weighted by atomic mass is 32.1. The van der Waals surface area contributed by atoms with Crippen molar-refractivity contribution in [2.24, 2.45) is 23.0 Å². The fraction of sp³-hybridized carbons (Fsp3) is 0.478. The maximum atomic E-state index is 12.8. The van der Waals surface area contributed by atoms with E-state index in [4.69, 9.17) is 5.73 Å². The molecule has 4 rings (SSSR count). The summed E-state index contributed by atoms with van der Waals surface area (Å²) in [5.41, 5.74) is 8.74. The first-order valence-electron chi connectivity index (χ1n) is 10.1. The van der Waals surface area contributed by atoms with Crippen molar-refractivity contribution in [2.45, 2.75) is 52.4 Å². The van der Waals surface area contributed by atoms with Gasteiger partial charge in [0.25, 0.3) is 5.91 Å². The Labute approximate surface area is 170 Å². The van der Waals surface area contributed by atoms with Gasteiger partial charge in [-0.1, -0.05) is 51.1 Å². The molecule has 1 saturated carbocycles. The molecule has 1 aromatic heterocycles. The zero-order valence-corrected chi connectivity index (χ0v) is 17.6. The first-order chi connectivity index (χ1) is 13.3.